The lowest BCUT2D eigenvalue weighted by atomic mass is 10.1. The van der Waals surface area contributed by atoms with E-state index in [1.807, 2.05) is 32.0 Å². The van der Waals surface area contributed by atoms with Crippen LogP contribution in [0.1, 0.15) is 30.5 Å². The van der Waals surface area contributed by atoms with E-state index >= 15 is 0 Å². The second kappa shape index (κ2) is 12.2. The number of carbonyl (C=O) groups excluding carboxylic acids is 1. The summed E-state index contributed by atoms with van der Waals surface area (Å²) in [5, 5.41) is 0.974. The van der Waals surface area contributed by atoms with Gasteiger partial charge in [-0.1, -0.05) is 59.3 Å². The minimum Gasteiger partial charge on any atom is -0.488 e. The summed E-state index contributed by atoms with van der Waals surface area (Å²) in [7, 11) is 0. The van der Waals surface area contributed by atoms with Crippen LogP contribution in [0.25, 0.3) is 6.08 Å². The third-order valence-corrected chi connectivity index (χ3v) is 7.93. The van der Waals surface area contributed by atoms with E-state index < -0.39 is 17.6 Å². The summed E-state index contributed by atoms with van der Waals surface area (Å²) in [4.78, 5) is 16.8. The Bertz CT molecular complexity index is 1440. The predicted molar refractivity (Wildman–Crippen MR) is 158 cm³/mol. The highest BCUT2D eigenvalue weighted by molar-refractivity contribution is 8.27. The molecule has 0 atom stereocenters. The molecule has 0 N–H and O–H groups in total. The van der Waals surface area contributed by atoms with Crippen LogP contribution >= 0.6 is 47.2 Å². The first-order chi connectivity index (χ1) is 18.5. The summed E-state index contributed by atoms with van der Waals surface area (Å²) in [5.74, 6) is -0.00130. The third-order valence-electron chi connectivity index (χ3n) is 6.04. The Labute approximate surface area is 244 Å². The Morgan fingerprint density at radius 2 is 1.79 bits per heavy atom. The number of thiocarbonyl (C=S) groups is 1. The number of ether oxygens (including phenoxy) is 1. The molecule has 1 heterocycles. The monoisotopic (exact) mass is 610 g/mol. The minimum absolute atomic E-state index is 0.0569. The summed E-state index contributed by atoms with van der Waals surface area (Å²) in [6.45, 7) is 5.82. The Hall–Kier alpha value is -2.72. The Morgan fingerprint density at radius 1 is 1.05 bits per heavy atom. The zero-order chi connectivity index (χ0) is 28.3. The molecule has 0 aromatic heterocycles. The Morgan fingerprint density at radius 3 is 2.46 bits per heavy atom. The maximum atomic E-state index is 13.3. The van der Waals surface area contributed by atoms with E-state index in [2.05, 4.69) is 4.90 Å². The molecule has 0 unspecified atom stereocenters. The van der Waals surface area contributed by atoms with Crippen molar-refractivity contribution in [2.75, 3.05) is 22.9 Å². The van der Waals surface area contributed by atoms with Gasteiger partial charge in [-0.3, -0.25) is 9.69 Å². The first-order valence-corrected chi connectivity index (χ1v) is 13.9. The van der Waals surface area contributed by atoms with Crippen LogP contribution in [0.15, 0.2) is 65.6 Å². The van der Waals surface area contributed by atoms with Gasteiger partial charge in [0, 0.05) is 46.0 Å². The lowest BCUT2D eigenvalue weighted by Gasteiger charge is -2.22. The van der Waals surface area contributed by atoms with Crippen molar-refractivity contribution in [2.45, 2.75) is 26.6 Å². The SMILES string of the molecule is CCN(CC)c1ccc(/C=C2\SC(=S)N(c3cccc(C(F)(F)F)c3)C2=O)c(OCc2ccc(Cl)cc2Cl)c1. The van der Waals surface area contributed by atoms with Crippen LogP contribution in [-0.4, -0.2) is 23.3 Å². The van der Waals surface area contributed by atoms with Gasteiger partial charge >= 0.3 is 6.18 Å². The van der Waals surface area contributed by atoms with E-state index in [-0.39, 0.29) is 21.5 Å². The second-order valence-corrected chi connectivity index (χ2v) is 11.0. The molecule has 1 aliphatic heterocycles. The summed E-state index contributed by atoms with van der Waals surface area (Å²) < 4.78 is 46.1. The molecule has 1 amide bonds. The summed E-state index contributed by atoms with van der Waals surface area (Å²) in [5.41, 5.74) is 1.48. The van der Waals surface area contributed by atoms with Crippen molar-refractivity contribution < 1.29 is 22.7 Å². The van der Waals surface area contributed by atoms with Crippen molar-refractivity contribution in [2.24, 2.45) is 0 Å². The van der Waals surface area contributed by atoms with Crippen LogP contribution in [0.5, 0.6) is 5.75 Å². The van der Waals surface area contributed by atoms with Crippen LogP contribution in [0, 0.1) is 0 Å². The summed E-state index contributed by atoms with van der Waals surface area (Å²) in [6, 6.07) is 15.3. The van der Waals surface area contributed by atoms with E-state index in [0.29, 0.717) is 21.4 Å². The van der Waals surface area contributed by atoms with Crippen LogP contribution in [0.4, 0.5) is 24.5 Å². The van der Waals surface area contributed by atoms with Crippen LogP contribution in [0.2, 0.25) is 10.0 Å². The number of benzene rings is 3. The molecule has 3 aromatic rings. The topological polar surface area (TPSA) is 32.8 Å². The average Bonchev–Trinajstić information content (AvgIpc) is 3.17. The van der Waals surface area contributed by atoms with Crippen molar-refractivity contribution in [3.8, 4) is 5.75 Å². The number of amides is 1. The van der Waals surface area contributed by atoms with Gasteiger partial charge in [-0.25, -0.2) is 0 Å². The van der Waals surface area contributed by atoms with Gasteiger partial charge in [0.05, 0.1) is 16.2 Å². The smallest absolute Gasteiger partial charge is 0.416 e. The number of thioether (sulfide) groups is 1. The maximum absolute atomic E-state index is 13.3. The van der Waals surface area contributed by atoms with Crippen molar-refractivity contribution in [3.63, 3.8) is 0 Å². The lowest BCUT2D eigenvalue weighted by Crippen LogP contribution is -2.27. The number of carbonyl (C=O) groups is 1. The molecule has 1 aliphatic rings. The number of halogens is 5. The molecule has 1 saturated heterocycles. The van der Waals surface area contributed by atoms with Gasteiger partial charge in [-0.05, 0) is 62.4 Å². The van der Waals surface area contributed by atoms with Gasteiger partial charge in [0.1, 0.15) is 12.4 Å². The second-order valence-electron chi connectivity index (χ2n) is 8.48. The highest BCUT2D eigenvalue weighted by Gasteiger charge is 2.36. The molecule has 4 nitrogen and oxygen atoms in total. The Balaban J connectivity index is 1.68. The molecule has 0 aliphatic carbocycles. The molecule has 0 spiro atoms. The first-order valence-electron chi connectivity index (χ1n) is 11.9. The van der Waals surface area contributed by atoms with Gasteiger partial charge in [-0.15, -0.1) is 0 Å². The van der Waals surface area contributed by atoms with Gasteiger partial charge in [0.2, 0.25) is 0 Å². The zero-order valence-electron chi connectivity index (χ0n) is 20.9. The van der Waals surface area contributed by atoms with Gasteiger partial charge < -0.3 is 9.64 Å². The van der Waals surface area contributed by atoms with E-state index in [0.717, 1.165) is 53.1 Å². The number of anilines is 2. The molecular formula is C28H23Cl2F3N2O2S2. The largest absolute Gasteiger partial charge is 0.488 e. The summed E-state index contributed by atoms with van der Waals surface area (Å²) >= 11 is 18.7. The zero-order valence-corrected chi connectivity index (χ0v) is 24.0. The molecule has 0 bridgehead atoms. The quantitative estimate of drug-likeness (QED) is 0.188. The van der Waals surface area contributed by atoms with Crippen LogP contribution in [-0.2, 0) is 17.6 Å². The number of rotatable bonds is 8. The van der Waals surface area contributed by atoms with Crippen molar-refractivity contribution in [3.05, 3.63) is 92.3 Å². The molecule has 39 heavy (non-hydrogen) atoms. The minimum atomic E-state index is -4.54. The van der Waals surface area contributed by atoms with Crippen molar-refractivity contribution in [1.82, 2.24) is 0 Å². The van der Waals surface area contributed by atoms with Crippen molar-refractivity contribution in [1.29, 1.82) is 0 Å². The van der Waals surface area contributed by atoms with Gasteiger partial charge in [0.25, 0.3) is 5.91 Å². The summed E-state index contributed by atoms with van der Waals surface area (Å²) in [6.07, 6.45) is -2.91. The number of nitrogens with zero attached hydrogens (tertiary/aromatic N) is 2. The number of alkyl halides is 3. The van der Waals surface area contributed by atoms with Crippen LogP contribution in [0.3, 0.4) is 0 Å². The highest BCUT2D eigenvalue weighted by Crippen LogP contribution is 2.40. The maximum Gasteiger partial charge on any atom is 0.416 e. The number of hydrogen-bond donors (Lipinski definition) is 0. The molecule has 0 radical (unpaired) electrons. The molecule has 1 fully saturated rings. The molecule has 3 aromatic carbocycles. The third kappa shape index (κ3) is 6.72. The lowest BCUT2D eigenvalue weighted by molar-refractivity contribution is -0.137. The van der Waals surface area contributed by atoms with Crippen LogP contribution < -0.4 is 14.5 Å². The average molecular weight is 612 g/mol. The first kappa shape index (κ1) is 29.3. The molecule has 11 heteroatoms. The van der Waals surface area contributed by atoms with Gasteiger partial charge in [-0.2, -0.15) is 13.2 Å². The fraction of sp³-hybridized carbons (Fsp3) is 0.214. The van der Waals surface area contributed by atoms with Crippen molar-refractivity contribution >= 4 is 74.9 Å². The highest BCUT2D eigenvalue weighted by atomic mass is 35.5. The molecule has 204 valence electrons. The fourth-order valence-corrected chi connectivity index (χ4v) is 5.75. The standard InChI is InChI=1S/C28H23Cl2F3N2O2S2/c1-3-34(4-2)21-11-9-17(24(15-21)37-16-18-8-10-20(29)14-23(18)30)12-25-26(36)35(27(38)39-25)22-7-5-6-19(13-22)28(31,32)33/h5-15H,3-4,16H2,1-2H3/b25-12-. The molecule has 0 saturated carbocycles. The molecular weight excluding hydrogens is 588 g/mol. The predicted octanol–water partition coefficient (Wildman–Crippen LogP) is 8.84. The molecule has 4 rings (SSSR count). The van der Waals surface area contributed by atoms with E-state index in [9.17, 15) is 18.0 Å². The fourth-order valence-electron chi connectivity index (χ4n) is 4.00. The van der Waals surface area contributed by atoms with E-state index in [4.69, 9.17) is 40.2 Å². The number of hydrogen-bond acceptors (Lipinski definition) is 5. The van der Waals surface area contributed by atoms with E-state index in [1.54, 1.807) is 24.3 Å². The van der Waals surface area contributed by atoms with E-state index in [1.165, 1.54) is 12.1 Å². The normalized spacial score (nSPS) is 14.8. The van der Waals surface area contributed by atoms with Gasteiger partial charge in [0.15, 0.2) is 4.32 Å². The Kier molecular flexibility index (Phi) is 9.16.